The molecule has 0 bridgehead atoms. The van der Waals surface area contributed by atoms with E-state index in [2.05, 4.69) is 15.6 Å². The Morgan fingerprint density at radius 2 is 2.00 bits per heavy atom. The zero-order valence-electron chi connectivity index (χ0n) is 18.2. The molecule has 0 saturated carbocycles. The number of ether oxygens (including phenoxy) is 1. The lowest BCUT2D eigenvalue weighted by atomic mass is 9.97. The minimum Gasteiger partial charge on any atom is -0.462 e. The zero-order valence-corrected chi connectivity index (χ0v) is 19.9. The van der Waals surface area contributed by atoms with Crippen molar-refractivity contribution in [2.75, 3.05) is 36.9 Å². The predicted molar refractivity (Wildman–Crippen MR) is 123 cm³/mol. The highest BCUT2D eigenvalue weighted by molar-refractivity contribution is 7.16. The highest BCUT2D eigenvalue weighted by Gasteiger charge is 2.28. The van der Waals surface area contributed by atoms with Crippen LogP contribution in [-0.2, 0) is 14.3 Å². The number of nitrogens with one attached hydrogen (secondary N) is 2. The van der Waals surface area contributed by atoms with Crippen LogP contribution in [0.3, 0.4) is 0 Å². The van der Waals surface area contributed by atoms with Crippen LogP contribution in [-0.4, -0.2) is 53.9 Å². The number of carbonyl (C=O) groups is 3. The van der Waals surface area contributed by atoms with E-state index in [1.165, 1.54) is 22.7 Å². The Hall–Kier alpha value is -2.30. The smallest absolute Gasteiger partial charge is 0.341 e. The first-order valence-corrected chi connectivity index (χ1v) is 11.9. The number of piperidine rings is 1. The molecule has 1 aliphatic rings. The second-order valence-corrected chi connectivity index (χ2v) is 10.1. The van der Waals surface area contributed by atoms with E-state index < -0.39 is 5.97 Å². The molecule has 1 saturated heterocycles. The summed E-state index contributed by atoms with van der Waals surface area (Å²) in [6.07, 6.45) is 1.57. The second kappa shape index (κ2) is 10.3. The summed E-state index contributed by atoms with van der Waals surface area (Å²) >= 11 is 2.82. The molecular formula is C21H28N4O4S2. The summed E-state index contributed by atoms with van der Waals surface area (Å²) in [5.41, 5.74) is 1.31. The maximum absolute atomic E-state index is 12.9. The summed E-state index contributed by atoms with van der Waals surface area (Å²) in [4.78, 5) is 45.8. The van der Waals surface area contributed by atoms with Crippen LogP contribution >= 0.6 is 22.7 Å². The topological polar surface area (TPSA) is 101 Å². The third kappa shape index (κ3) is 6.11. The van der Waals surface area contributed by atoms with E-state index in [1.54, 1.807) is 13.0 Å². The van der Waals surface area contributed by atoms with E-state index in [-0.39, 0.29) is 30.9 Å². The van der Waals surface area contributed by atoms with Crippen LogP contribution in [0.15, 0.2) is 6.07 Å². The highest BCUT2D eigenvalue weighted by atomic mass is 32.1. The van der Waals surface area contributed by atoms with Gasteiger partial charge in [0, 0.05) is 16.3 Å². The Morgan fingerprint density at radius 3 is 2.68 bits per heavy atom. The number of carbonyl (C=O) groups excluding carboxylic acids is 3. The van der Waals surface area contributed by atoms with Crippen molar-refractivity contribution in [2.45, 2.75) is 40.5 Å². The van der Waals surface area contributed by atoms with Crippen molar-refractivity contribution in [2.24, 2.45) is 5.92 Å². The number of rotatable bonds is 7. The van der Waals surface area contributed by atoms with Crippen molar-refractivity contribution in [1.29, 1.82) is 0 Å². The van der Waals surface area contributed by atoms with Gasteiger partial charge in [0.15, 0.2) is 5.13 Å². The maximum atomic E-state index is 12.9. The number of amides is 2. The summed E-state index contributed by atoms with van der Waals surface area (Å²) in [5, 5.41) is 6.87. The molecule has 10 heteroatoms. The van der Waals surface area contributed by atoms with Crippen LogP contribution in [0, 0.1) is 26.7 Å². The van der Waals surface area contributed by atoms with Crippen LogP contribution in [0.1, 0.15) is 45.6 Å². The zero-order chi connectivity index (χ0) is 22.5. The first-order chi connectivity index (χ1) is 14.8. The molecule has 1 atom stereocenters. The summed E-state index contributed by atoms with van der Waals surface area (Å²) in [6.45, 7) is 9.27. The summed E-state index contributed by atoms with van der Waals surface area (Å²) in [5.74, 6) is -0.947. The van der Waals surface area contributed by atoms with Gasteiger partial charge >= 0.3 is 5.97 Å². The van der Waals surface area contributed by atoms with Gasteiger partial charge in [-0.3, -0.25) is 14.5 Å². The lowest BCUT2D eigenvalue weighted by Crippen LogP contribution is -2.44. The summed E-state index contributed by atoms with van der Waals surface area (Å²) in [7, 11) is 0. The minimum atomic E-state index is -0.434. The molecule has 2 aromatic rings. The van der Waals surface area contributed by atoms with E-state index in [9.17, 15) is 14.4 Å². The van der Waals surface area contributed by atoms with Gasteiger partial charge in [0.2, 0.25) is 11.8 Å². The highest BCUT2D eigenvalue weighted by Crippen LogP contribution is 2.30. The molecule has 0 radical (unpaired) electrons. The van der Waals surface area contributed by atoms with Crippen LogP contribution in [0.4, 0.5) is 10.1 Å². The lowest BCUT2D eigenvalue weighted by Gasteiger charge is -2.31. The number of likely N-dealkylation sites (tertiary alicyclic amines) is 1. The Balaban J connectivity index is 1.57. The summed E-state index contributed by atoms with van der Waals surface area (Å²) in [6, 6.07) is 1.73. The van der Waals surface area contributed by atoms with Gasteiger partial charge < -0.3 is 15.4 Å². The summed E-state index contributed by atoms with van der Waals surface area (Å²) < 4.78 is 5.09. The van der Waals surface area contributed by atoms with E-state index in [0.717, 1.165) is 34.8 Å². The molecule has 2 aromatic heterocycles. The molecule has 1 unspecified atom stereocenters. The van der Waals surface area contributed by atoms with Crippen molar-refractivity contribution < 1.29 is 19.1 Å². The standard InChI is InChI=1S/C21H28N4O4S2/c1-5-29-20(28)16-9-12(2)30-19(16)24-18(27)15-7-6-8-25(10-15)11-17(26)23-21-22-13(3)14(4)31-21/h9,15H,5-8,10-11H2,1-4H3,(H,24,27)(H,22,23,26). The van der Waals surface area contributed by atoms with Gasteiger partial charge in [-0.1, -0.05) is 0 Å². The largest absolute Gasteiger partial charge is 0.462 e. The number of thiophene rings is 1. The molecule has 31 heavy (non-hydrogen) atoms. The Kier molecular flexibility index (Phi) is 7.79. The van der Waals surface area contributed by atoms with Crippen molar-refractivity contribution in [1.82, 2.24) is 9.88 Å². The number of thiazole rings is 1. The second-order valence-electron chi connectivity index (χ2n) is 7.59. The fraction of sp³-hybridized carbons (Fsp3) is 0.524. The quantitative estimate of drug-likeness (QED) is 0.608. The first-order valence-electron chi connectivity index (χ1n) is 10.3. The number of aromatic nitrogens is 1. The maximum Gasteiger partial charge on any atom is 0.341 e. The molecule has 3 rings (SSSR count). The average Bonchev–Trinajstić information content (AvgIpc) is 3.23. The molecule has 0 aliphatic carbocycles. The van der Waals surface area contributed by atoms with Crippen LogP contribution < -0.4 is 10.6 Å². The third-order valence-electron chi connectivity index (χ3n) is 5.11. The molecular weight excluding hydrogens is 436 g/mol. The normalized spacial score (nSPS) is 16.7. The fourth-order valence-corrected chi connectivity index (χ4v) is 5.22. The number of hydrogen-bond donors (Lipinski definition) is 2. The lowest BCUT2D eigenvalue weighted by molar-refractivity contribution is -0.123. The van der Waals surface area contributed by atoms with Gasteiger partial charge in [0.05, 0.1) is 30.3 Å². The molecule has 2 amide bonds. The number of anilines is 2. The number of esters is 1. The molecule has 168 valence electrons. The van der Waals surface area contributed by atoms with Gasteiger partial charge in [-0.25, -0.2) is 9.78 Å². The van der Waals surface area contributed by atoms with E-state index in [0.29, 0.717) is 22.2 Å². The van der Waals surface area contributed by atoms with Crippen molar-refractivity contribution in [3.8, 4) is 0 Å². The van der Waals surface area contributed by atoms with Crippen LogP contribution in [0.25, 0.3) is 0 Å². The number of aryl methyl sites for hydroxylation is 3. The SMILES string of the molecule is CCOC(=O)c1cc(C)sc1NC(=O)C1CCCN(CC(=O)Nc2nc(C)c(C)s2)C1. The Bertz CT molecular complexity index is 949. The van der Waals surface area contributed by atoms with E-state index in [1.807, 2.05) is 25.7 Å². The molecule has 8 nitrogen and oxygen atoms in total. The molecule has 1 fully saturated rings. The molecule has 3 heterocycles. The molecule has 0 aromatic carbocycles. The van der Waals surface area contributed by atoms with Gasteiger partial charge in [-0.15, -0.1) is 22.7 Å². The first kappa shape index (κ1) is 23.4. The minimum absolute atomic E-state index is 0.131. The van der Waals surface area contributed by atoms with Gasteiger partial charge in [-0.05, 0) is 53.1 Å². The van der Waals surface area contributed by atoms with Gasteiger partial charge in [-0.2, -0.15) is 0 Å². The van der Waals surface area contributed by atoms with Crippen LogP contribution in [0.5, 0.6) is 0 Å². The van der Waals surface area contributed by atoms with Gasteiger partial charge in [0.1, 0.15) is 5.00 Å². The number of hydrogen-bond acceptors (Lipinski definition) is 8. The predicted octanol–water partition coefficient (Wildman–Crippen LogP) is 3.60. The van der Waals surface area contributed by atoms with E-state index >= 15 is 0 Å². The Labute approximate surface area is 190 Å². The fourth-order valence-electron chi connectivity index (χ4n) is 3.48. The van der Waals surface area contributed by atoms with Gasteiger partial charge in [0.25, 0.3) is 0 Å². The number of nitrogens with zero attached hydrogens (tertiary/aromatic N) is 2. The molecule has 1 aliphatic heterocycles. The van der Waals surface area contributed by atoms with Crippen molar-refractivity contribution in [3.05, 3.63) is 27.1 Å². The van der Waals surface area contributed by atoms with Crippen molar-refractivity contribution >= 4 is 50.6 Å². The third-order valence-corrected chi connectivity index (χ3v) is 7.06. The molecule has 0 spiro atoms. The van der Waals surface area contributed by atoms with E-state index in [4.69, 9.17) is 4.74 Å². The monoisotopic (exact) mass is 464 g/mol. The average molecular weight is 465 g/mol. The molecule has 2 N–H and O–H groups in total. The van der Waals surface area contributed by atoms with Crippen LogP contribution in [0.2, 0.25) is 0 Å². The van der Waals surface area contributed by atoms with Crippen molar-refractivity contribution in [3.63, 3.8) is 0 Å². The Morgan fingerprint density at radius 1 is 1.23 bits per heavy atom.